The number of amides is 1. The molecule has 0 unspecified atom stereocenters. The third-order valence-electron chi connectivity index (χ3n) is 3.53. The molecular weight excluding hydrogens is 311 g/mol. The van der Waals surface area contributed by atoms with Gasteiger partial charge in [0.05, 0.1) is 17.7 Å². The molecule has 2 rings (SSSR count). The molecule has 1 amide bonds. The third-order valence-corrected chi connectivity index (χ3v) is 3.83. The summed E-state index contributed by atoms with van der Waals surface area (Å²) in [5, 5.41) is 5.82. The highest BCUT2D eigenvalue weighted by Crippen LogP contribution is 2.29. The summed E-state index contributed by atoms with van der Waals surface area (Å²) in [6.07, 6.45) is -0.381. The van der Waals surface area contributed by atoms with Gasteiger partial charge in [0.25, 0.3) is 5.91 Å². The molecule has 0 bridgehead atoms. The molecule has 7 heteroatoms. The largest absolute Gasteiger partial charge is 0.372 e. The monoisotopic (exact) mass is 328 g/mol. The van der Waals surface area contributed by atoms with Crippen LogP contribution in [0.15, 0.2) is 18.2 Å². The zero-order chi connectivity index (χ0) is 16.1. The van der Waals surface area contributed by atoms with Crippen LogP contribution in [0, 0.1) is 11.7 Å². The number of halogens is 2. The Bertz CT molecular complexity index is 568. The van der Waals surface area contributed by atoms with Crippen LogP contribution in [-0.2, 0) is 14.3 Å². The van der Waals surface area contributed by atoms with Gasteiger partial charge >= 0.3 is 0 Å². The maximum absolute atomic E-state index is 13.7. The minimum absolute atomic E-state index is 0.0527. The normalized spacial score (nSPS) is 22.0. The van der Waals surface area contributed by atoms with Crippen molar-refractivity contribution < 1.29 is 18.7 Å². The van der Waals surface area contributed by atoms with Crippen LogP contribution in [0.3, 0.4) is 0 Å². The molecule has 1 aliphatic heterocycles. The van der Waals surface area contributed by atoms with E-state index in [4.69, 9.17) is 16.3 Å². The SMILES string of the molecule is CC(=O)C(=O)NC[C@@H]1CNCCO[C@H]1c1ccc(Cl)c(F)c1. The lowest BCUT2D eigenvalue weighted by Crippen LogP contribution is -2.38. The Morgan fingerprint density at radius 1 is 1.50 bits per heavy atom. The van der Waals surface area contributed by atoms with E-state index in [1.807, 2.05) is 0 Å². The Balaban J connectivity index is 2.14. The molecule has 120 valence electrons. The van der Waals surface area contributed by atoms with Gasteiger partial charge in [-0.2, -0.15) is 0 Å². The van der Waals surface area contributed by atoms with Gasteiger partial charge in [0.2, 0.25) is 5.78 Å². The number of carbonyl (C=O) groups excluding carboxylic acids is 2. The van der Waals surface area contributed by atoms with Crippen molar-refractivity contribution >= 4 is 23.3 Å². The molecule has 0 saturated carbocycles. The highest BCUT2D eigenvalue weighted by atomic mass is 35.5. The molecule has 1 fully saturated rings. The topological polar surface area (TPSA) is 67.4 Å². The molecule has 0 radical (unpaired) electrons. The fourth-order valence-corrected chi connectivity index (χ4v) is 2.49. The molecule has 0 aliphatic carbocycles. The maximum Gasteiger partial charge on any atom is 0.287 e. The van der Waals surface area contributed by atoms with E-state index in [0.717, 1.165) is 0 Å². The fraction of sp³-hybridized carbons (Fsp3) is 0.467. The Labute approximate surface area is 133 Å². The fourth-order valence-electron chi connectivity index (χ4n) is 2.37. The van der Waals surface area contributed by atoms with Crippen LogP contribution in [0.4, 0.5) is 4.39 Å². The van der Waals surface area contributed by atoms with E-state index in [0.29, 0.717) is 25.3 Å². The summed E-state index contributed by atoms with van der Waals surface area (Å²) in [5.41, 5.74) is 0.660. The molecule has 1 aromatic carbocycles. The van der Waals surface area contributed by atoms with Crippen molar-refractivity contribution in [1.82, 2.24) is 10.6 Å². The minimum atomic E-state index is -0.634. The van der Waals surface area contributed by atoms with Gasteiger partial charge in [0, 0.05) is 32.5 Å². The summed E-state index contributed by atoms with van der Waals surface area (Å²) in [6, 6.07) is 4.54. The lowest BCUT2D eigenvalue weighted by atomic mass is 9.95. The van der Waals surface area contributed by atoms with Crippen molar-refractivity contribution in [1.29, 1.82) is 0 Å². The number of rotatable bonds is 4. The first-order chi connectivity index (χ1) is 10.5. The van der Waals surface area contributed by atoms with Crippen molar-refractivity contribution in [3.63, 3.8) is 0 Å². The summed E-state index contributed by atoms with van der Waals surface area (Å²) < 4.78 is 19.4. The van der Waals surface area contributed by atoms with Gasteiger partial charge in [-0.25, -0.2) is 4.39 Å². The Kier molecular flexibility index (Phi) is 5.88. The van der Waals surface area contributed by atoms with Crippen LogP contribution in [0.1, 0.15) is 18.6 Å². The van der Waals surface area contributed by atoms with Crippen LogP contribution in [-0.4, -0.2) is 37.9 Å². The Morgan fingerprint density at radius 2 is 2.27 bits per heavy atom. The molecule has 1 saturated heterocycles. The molecule has 0 spiro atoms. The van der Waals surface area contributed by atoms with E-state index >= 15 is 0 Å². The van der Waals surface area contributed by atoms with Crippen molar-refractivity contribution in [3.05, 3.63) is 34.6 Å². The lowest BCUT2D eigenvalue weighted by Gasteiger charge is -2.25. The number of carbonyl (C=O) groups is 2. The van der Waals surface area contributed by atoms with Gasteiger partial charge in [-0.1, -0.05) is 17.7 Å². The smallest absolute Gasteiger partial charge is 0.287 e. The quantitative estimate of drug-likeness (QED) is 0.821. The Morgan fingerprint density at radius 3 is 2.95 bits per heavy atom. The van der Waals surface area contributed by atoms with Crippen LogP contribution in [0.5, 0.6) is 0 Å². The zero-order valence-electron chi connectivity index (χ0n) is 12.2. The average Bonchev–Trinajstić information content (AvgIpc) is 2.73. The van der Waals surface area contributed by atoms with Crippen molar-refractivity contribution in [3.8, 4) is 0 Å². The molecule has 2 atom stereocenters. The van der Waals surface area contributed by atoms with Gasteiger partial charge < -0.3 is 15.4 Å². The number of Topliss-reactive ketones (excluding diaryl/α,β-unsaturated/α-hetero) is 1. The predicted molar refractivity (Wildman–Crippen MR) is 80.2 cm³/mol. The number of hydrogen-bond acceptors (Lipinski definition) is 4. The van der Waals surface area contributed by atoms with Crippen molar-refractivity contribution in [2.75, 3.05) is 26.2 Å². The highest BCUT2D eigenvalue weighted by molar-refractivity contribution is 6.35. The van der Waals surface area contributed by atoms with Crippen LogP contribution in [0.25, 0.3) is 0 Å². The second-order valence-corrected chi connectivity index (χ2v) is 5.60. The van der Waals surface area contributed by atoms with E-state index in [2.05, 4.69) is 10.6 Å². The molecule has 22 heavy (non-hydrogen) atoms. The van der Waals surface area contributed by atoms with Gasteiger partial charge in [-0.3, -0.25) is 9.59 Å². The Hall–Kier alpha value is -1.50. The van der Waals surface area contributed by atoms with Gasteiger partial charge in [0.15, 0.2) is 0 Å². The molecule has 1 aliphatic rings. The second-order valence-electron chi connectivity index (χ2n) is 5.20. The number of hydrogen-bond donors (Lipinski definition) is 2. The molecule has 1 heterocycles. The number of nitrogens with one attached hydrogen (secondary N) is 2. The standard InChI is InChI=1S/C15H18ClFN2O3/c1-9(20)15(21)19-8-11-7-18-4-5-22-14(11)10-2-3-12(16)13(17)6-10/h2-3,6,11,14,18H,4-5,7-8H2,1H3,(H,19,21)/t11-,14-/m0/s1. The molecular formula is C15H18ClFN2O3. The van der Waals surface area contributed by atoms with Gasteiger partial charge in [-0.05, 0) is 17.7 Å². The number of benzene rings is 1. The molecule has 0 aromatic heterocycles. The predicted octanol–water partition coefficient (Wildman–Crippen LogP) is 1.46. The van der Waals surface area contributed by atoms with Gasteiger partial charge in [0.1, 0.15) is 5.82 Å². The number of ketones is 1. The molecule has 1 aromatic rings. The summed E-state index contributed by atoms with van der Waals surface area (Å²) in [4.78, 5) is 22.4. The first-order valence-electron chi connectivity index (χ1n) is 7.05. The van der Waals surface area contributed by atoms with E-state index in [9.17, 15) is 14.0 Å². The summed E-state index contributed by atoms with van der Waals surface area (Å²) >= 11 is 5.70. The zero-order valence-corrected chi connectivity index (χ0v) is 13.0. The van der Waals surface area contributed by atoms with Crippen molar-refractivity contribution in [2.45, 2.75) is 13.0 Å². The van der Waals surface area contributed by atoms with Crippen LogP contribution < -0.4 is 10.6 Å². The van der Waals surface area contributed by atoms with Gasteiger partial charge in [-0.15, -0.1) is 0 Å². The second kappa shape index (κ2) is 7.67. The maximum atomic E-state index is 13.7. The third kappa shape index (κ3) is 4.25. The van der Waals surface area contributed by atoms with E-state index in [-0.39, 0.29) is 23.6 Å². The van der Waals surface area contributed by atoms with E-state index in [1.165, 1.54) is 19.1 Å². The minimum Gasteiger partial charge on any atom is -0.372 e. The van der Waals surface area contributed by atoms with Crippen LogP contribution >= 0.6 is 11.6 Å². The number of ether oxygens (including phenoxy) is 1. The van der Waals surface area contributed by atoms with E-state index in [1.54, 1.807) is 6.07 Å². The summed E-state index contributed by atoms with van der Waals surface area (Å²) in [7, 11) is 0. The highest BCUT2D eigenvalue weighted by Gasteiger charge is 2.27. The first-order valence-corrected chi connectivity index (χ1v) is 7.43. The molecule has 2 N–H and O–H groups in total. The summed E-state index contributed by atoms with van der Waals surface area (Å²) in [6.45, 7) is 3.21. The van der Waals surface area contributed by atoms with Crippen LogP contribution in [0.2, 0.25) is 5.02 Å². The van der Waals surface area contributed by atoms with E-state index < -0.39 is 17.5 Å². The first kappa shape index (κ1) is 16.9. The van der Waals surface area contributed by atoms with Crippen molar-refractivity contribution in [2.24, 2.45) is 5.92 Å². The lowest BCUT2D eigenvalue weighted by molar-refractivity contribution is -0.136. The summed E-state index contributed by atoms with van der Waals surface area (Å²) in [5.74, 6) is -1.81. The average molecular weight is 329 g/mol. The molecule has 5 nitrogen and oxygen atoms in total.